The number of rotatable bonds is 3. The lowest BCUT2D eigenvalue weighted by Gasteiger charge is -2.11. The highest BCUT2D eigenvalue weighted by Crippen LogP contribution is 2.25. The van der Waals surface area contributed by atoms with Crippen molar-refractivity contribution in [1.29, 1.82) is 0 Å². The molecular formula is C15H15N5. The molecule has 0 aliphatic heterocycles. The zero-order valence-electron chi connectivity index (χ0n) is 11.2. The van der Waals surface area contributed by atoms with Gasteiger partial charge < -0.3 is 11.1 Å². The summed E-state index contributed by atoms with van der Waals surface area (Å²) in [6.45, 7) is 2.61. The average molecular weight is 265 g/mol. The molecule has 1 aromatic carbocycles. The Bertz CT molecular complexity index is 740. The van der Waals surface area contributed by atoms with Gasteiger partial charge in [0.05, 0.1) is 17.8 Å². The zero-order valence-corrected chi connectivity index (χ0v) is 11.2. The fourth-order valence-electron chi connectivity index (χ4n) is 2.13. The molecule has 0 radical (unpaired) electrons. The predicted octanol–water partition coefficient (Wildman–Crippen LogP) is 2.53. The normalized spacial score (nSPS) is 10.7. The number of nitrogen functional groups attached to an aromatic ring is 1. The summed E-state index contributed by atoms with van der Waals surface area (Å²) in [5.41, 5.74) is 10.4. The third kappa shape index (κ3) is 2.51. The molecule has 0 unspecified atom stereocenters. The van der Waals surface area contributed by atoms with Crippen molar-refractivity contribution in [2.24, 2.45) is 0 Å². The second-order valence-electron chi connectivity index (χ2n) is 4.64. The molecule has 0 saturated heterocycles. The molecule has 5 heteroatoms. The number of aromatic nitrogens is 3. The molecule has 0 bridgehead atoms. The molecular weight excluding hydrogens is 250 g/mol. The second kappa shape index (κ2) is 5.13. The molecule has 0 saturated carbocycles. The minimum atomic E-state index is 0.635. The first-order valence-electron chi connectivity index (χ1n) is 6.38. The molecule has 2 heterocycles. The van der Waals surface area contributed by atoms with Gasteiger partial charge in [0.25, 0.3) is 0 Å². The minimum Gasteiger partial charge on any atom is -0.399 e. The van der Waals surface area contributed by atoms with Gasteiger partial charge in [-0.15, -0.1) is 0 Å². The number of nitrogens with two attached hydrogens (primary N) is 1. The lowest BCUT2D eigenvalue weighted by Crippen LogP contribution is -2.03. The number of nitrogens with one attached hydrogen (secondary N) is 1. The first-order chi connectivity index (χ1) is 9.72. The van der Waals surface area contributed by atoms with Crippen molar-refractivity contribution in [3.05, 3.63) is 54.2 Å². The summed E-state index contributed by atoms with van der Waals surface area (Å²) in [5, 5.41) is 4.40. The van der Waals surface area contributed by atoms with Crippen molar-refractivity contribution in [3.63, 3.8) is 0 Å². The predicted molar refractivity (Wildman–Crippen MR) is 80.3 cm³/mol. The first kappa shape index (κ1) is 12.3. The smallest absolute Gasteiger partial charge is 0.115 e. The van der Waals surface area contributed by atoms with E-state index >= 15 is 0 Å². The van der Waals surface area contributed by atoms with Crippen molar-refractivity contribution >= 4 is 22.3 Å². The highest BCUT2D eigenvalue weighted by Gasteiger charge is 2.05. The maximum Gasteiger partial charge on any atom is 0.115 e. The molecule has 0 fully saturated rings. The fraction of sp³-hybridized carbons (Fsp3) is 0.133. The summed E-state index contributed by atoms with van der Waals surface area (Å²) in [6.07, 6.45) is 3.28. The van der Waals surface area contributed by atoms with Gasteiger partial charge in [-0.3, -0.25) is 4.98 Å². The second-order valence-corrected chi connectivity index (χ2v) is 4.64. The summed E-state index contributed by atoms with van der Waals surface area (Å²) in [4.78, 5) is 12.6. The quantitative estimate of drug-likeness (QED) is 0.712. The molecule has 0 aliphatic carbocycles. The van der Waals surface area contributed by atoms with Gasteiger partial charge in [-0.2, -0.15) is 0 Å². The minimum absolute atomic E-state index is 0.635. The Kier molecular flexibility index (Phi) is 3.16. The van der Waals surface area contributed by atoms with Gasteiger partial charge >= 0.3 is 0 Å². The number of nitrogens with zero attached hydrogens (tertiary/aromatic N) is 3. The van der Waals surface area contributed by atoms with E-state index in [1.165, 1.54) is 0 Å². The monoisotopic (exact) mass is 265 g/mol. The Labute approximate surface area is 116 Å². The number of hydrogen-bond acceptors (Lipinski definition) is 5. The van der Waals surface area contributed by atoms with Crippen LogP contribution in [0.15, 0.2) is 42.9 Å². The highest BCUT2D eigenvalue weighted by molar-refractivity contribution is 5.93. The van der Waals surface area contributed by atoms with Crippen LogP contribution in [0.25, 0.3) is 10.9 Å². The van der Waals surface area contributed by atoms with Gasteiger partial charge in [-0.25, -0.2) is 9.97 Å². The average Bonchev–Trinajstić information content (AvgIpc) is 2.46. The van der Waals surface area contributed by atoms with E-state index in [1.54, 1.807) is 12.5 Å². The number of hydrogen-bond donors (Lipinski definition) is 2. The Morgan fingerprint density at radius 3 is 2.90 bits per heavy atom. The molecule has 0 spiro atoms. The van der Waals surface area contributed by atoms with Crippen molar-refractivity contribution < 1.29 is 0 Å². The van der Waals surface area contributed by atoms with Crippen molar-refractivity contribution in [2.75, 3.05) is 11.1 Å². The molecule has 100 valence electrons. The molecule has 0 aliphatic rings. The molecule has 0 amide bonds. The maximum atomic E-state index is 5.86. The van der Waals surface area contributed by atoms with E-state index < -0.39 is 0 Å². The van der Waals surface area contributed by atoms with Gasteiger partial charge in [0.1, 0.15) is 6.33 Å². The summed E-state index contributed by atoms with van der Waals surface area (Å²) >= 11 is 0. The largest absolute Gasteiger partial charge is 0.399 e. The van der Waals surface area contributed by atoms with Crippen LogP contribution in [-0.2, 0) is 6.54 Å². The summed E-state index contributed by atoms with van der Waals surface area (Å²) < 4.78 is 0. The van der Waals surface area contributed by atoms with Crippen LogP contribution in [0.3, 0.4) is 0 Å². The van der Waals surface area contributed by atoms with Crippen LogP contribution in [0.4, 0.5) is 11.4 Å². The van der Waals surface area contributed by atoms with Crippen molar-refractivity contribution in [1.82, 2.24) is 15.0 Å². The molecule has 3 rings (SSSR count). The molecule has 5 nitrogen and oxygen atoms in total. The lowest BCUT2D eigenvalue weighted by molar-refractivity contribution is 1.01. The molecule has 0 atom stereocenters. The van der Waals surface area contributed by atoms with Gasteiger partial charge in [-0.1, -0.05) is 0 Å². The topological polar surface area (TPSA) is 76.7 Å². The van der Waals surface area contributed by atoms with E-state index in [9.17, 15) is 0 Å². The Morgan fingerprint density at radius 2 is 2.10 bits per heavy atom. The van der Waals surface area contributed by atoms with Crippen LogP contribution >= 0.6 is 0 Å². The zero-order chi connectivity index (χ0) is 13.9. The first-order valence-corrected chi connectivity index (χ1v) is 6.38. The summed E-state index contributed by atoms with van der Waals surface area (Å²) in [5.74, 6) is 0. The maximum absolute atomic E-state index is 5.86. The Balaban J connectivity index is 1.96. The molecule has 20 heavy (non-hydrogen) atoms. The van der Waals surface area contributed by atoms with Crippen molar-refractivity contribution in [3.8, 4) is 0 Å². The van der Waals surface area contributed by atoms with E-state index in [4.69, 9.17) is 5.73 Å². The fourth-order valence-corrected chi connectivity index (χ4v) is 2.13. The van der Waals surface area contributed by atoms with Crippen molar-refractivity contribution in [2.45, 2.75) is 13.5 Å². The van der Waals surface area contributed by atoms with E-state index in [0.29, 0.717) is 6.54 Å². The van der Waals surface area contributed by atoms with Crippen LogP contribution < -0.4 is 11.1 Å². The van der Waals surface area contributed by atoms with Crippen LogP contribution in [0.2, 0.25) is 0 Å². The van der Waals surface area contributed by atoms with E-state index in [2.05, 4.69) is 20.3 Å². The number of pyridine rings is 1. The van der Waals surface area contributed by atoms with Crippen LogP contribution in [-0.4, -0.2) is 15.0 Å². The highest BCUT2D eigenvalue weighted by atomic mass is 14.9. The Hall–Kier alpha value is -2.69. The lowest BCUT2D eigenvalue weighted by atomic mass is 10.1. The van der Waals surface area contributed by atoms with Gasteiger partial charge in [0, 0.05) is 28.7 Å². The third-order valence-corrected chi connectivity index (χ3v) is 3.06. The van der Waals surface area contributed by atoms with E-state index in [-0.39, 0.29) is 0 Å². The number of benzene rings is 1. The van der Waals surface area contributed by atoms with Gasteiger partial charge in [0.2, 0.25) is 0 Å². The SMILES string of the molecule is Cc1cc(NCc2ccncn2)c2cc(N)ccc2n1. The van der Waals surface area contributed by atoms with Crippen LogP contribution in [0, 0.1) is 6.92 Å². The van der Waals surface area contributed by atoms with Gasteiger partial charge in [-0.05, 0) is 37.3 Å². The van der Waals surface area contributed by atoms with Crippen LogP contribution in [0.1, 0.15) is 11.4 Å². The van der Waals surface area contributed by atoms with Crippen LogP contribution in [0.5, 0.6) is 0 Å². The van der Waals surface area contributed by atoms with Gasteiger partial charge in [0.15, 0.2) is 0 Å². The summed E-state index contributed by atoms with van der Waals surface area (Å²) in [6, 6.07) is 9.64. The molecule has 2 aromatic heterocycles. The Morgan fingerprint density at radius 1 is 1.20 bits per heavy atom. The summed E-state index contributed by atoms with van der Waals surface area (Å²) in [7, 11) is 0. The number of aryl methyl sites for hydroxylation is 1. The van der Waals surface area contributed by atoms with E-state index in [1.807, 2.05) is 37.3 Å². The molecule has 3 aromatic rings. The van der Waals surface area contributed by atoms with E-state index in [0.717, 1.165) is 33.7 Å². The standard InChI is InChI=1S/C15H15N5/c1-10-6-15(18-8-12-4-5-17-9-19-12)13-7-11(16)2-3-14(13)20-10/h2-7,9H,8,16H2,1H3,(H,18,20). The third-order valence-electron chi connectivity index (χ3n) is 3.06. The number of anilines is 2. The number of fused-ring (bicyclic) bond motifs is 1. The molecule has 3 N–H and O–H groups in total.